The Kier molecular flexibility index (Phi) is 3.72. The van der Waals surface area contributed by atoms with Crippen molar-refractivity contribution in [2.75, 3.05) is 24.6 Å². The Morgan fingerprint density at radius 1 is 1.40 bits per heavy atom. The SMILES string of the molecule is O=S1CCN(Cc2cccc(Cl)n2)CC1. The van der Waals surface area contributed by atoms with E-state index in [0.29, 0.717) is 5.15 Å². The third-order valence-electron chi connectivity index (χ3n) is 2.43. The Bertz CT molecular complexity index is 362. The van der Waals surface area contributed by atoms with E-state index in [0.717, 1.165) is 36.8 Å². The van der Waals surface area contributed by atoms with Crippen LogP contribution in [0.15, 0.2) is 18.2 Å². The lowest BCUT2D eigenvalue weighted by molar-refractivity contribution is 0.288. The summed E-state index contributed by atoms with van der Waals surface area (Å²) < 4.78 is 11.2. The smallest absolute Gasteiger partial charge is 0.129 e. The van der Waals surface area contributed by atoms with E-state index in [1.807, 2.05) is 12.1 Å². The standard InChI is InChI=1S/C10H13ClN2OS/c11-10-3-1-2-9(12-10)8-13-4-6-15(14)7-5-13/h1-3H,4-8H2. The maximum absolute atomic E-state index is 11.2. The Balaban J connectivity index is 1.94. The van der Waals surface area contributed by atoms with Crippen LogP contribution < -0.4 is 0 Å². The van der Waals surface area contributed by atoms with Gasteiger partial charge in [-0.1, -0.05) is 17.7 Å². The molecule has 0 bridgehead atoms. The van der Waals surface area contributed by atoms with Gasteiger partial charge in [0.1, 0.15) is 5.15 Å². The molecule has 0 amide bonds. The van der Waals surface area contributed by atoms with Crippen LogP contribution >= 0.6 is 11.6 Å². The van der Waals surface area contributed by atoms with Crippen LogP contribution in [0.4, 0.5) is 0 Å². The second-order valence-electron chi connectivity index (χ2n) is 3.58. The predicted molar refractivity (Wildman–Crippen MR) is 62.4 cm³/mol. The zero-order valence-electron chi connectivity index (χ0n) is 8.36. The van der Waals surface area contributed by atoms with Gasteiger partial charge in [-0.05, 0) is 12.1 Å². The quantitative estimate of drug-likeness (QED) is 0.736. The van der Waals surface area contributed by atoms with Crippen molar-refractivity contribution >= 4 is 22.4 Å². The van der Waals surface area contributed by atoms with Crippen molar-refractivity contribution in [2.45, 2.75) is 6.54 Å². The van der Waals surface area contributed by atoms with Crippen molar-refractivity contribution < 1.29 is 4.21 Å². The summed E-state index contributed by atoms with van der Waals surface area (Å²) in [5.41, 5.74) is 0.982. The number of hydrogen-bond acceptors (Lipinski definition) is 3. The topological polar surface area (TPSA) is 33.2 Å². The average molecular weight is 245 g/mol. The van der Waals surface area contributed by atoms with Crippen LogP contribution in [-0.2, 0) is 17.3 Å². The van der Waals surface area contributed by atoms with Crippen LogP contribution in [0.3, 0.4) is 0 Å². The molecule has 0 radical (unpaired) electrons. The van der Waals surface area contributed by atoms with Gasteiger partial charge in [-0.2, -0.15) is 0 Å². The van der Waals surface area contributed by atoms with Gasteiger partial charge in [0.05, 0.1) is 5.69 Å². The molecule has 0 unspecified atom stereocenters. The molecule has 0 aliphatic carbocycles. The summed E-state index contributed by atoms with van der Waals surface area (Å²) in [6.07, 6.45) is 0. The summed E-state index contributed by atoms with van der Waals surface area (Å²) in [7, 11) is -0.611. The first-order valence-electron chi connectivity index (χ1n) is 4.93. The molecule has 2 rings (SSSR count). The van der Waals surface area contributed by atoms with Gasteiger partial charge in [0.2, 0.25) is 0 Å². The van der Waals surface area contributed by atoms with Crippen LogP contribution in [0.25, 0.3) is 0 Å². The van der Waals surface area contributed by atoms with E-state index in [4.69, 9.17) is 11.6 Å². The molecule has 1 saturated heterocycles. The van der Waals surface area contributed by atoms with Crippen LogP contribution in [0.5, 0.6) is 0 Å². The Hall–Kier alpha value is -0.450. The third kappa shape index (κ3) is 3.26. The van der Waals surface area contributed by atoms with E-state index in [-0.39, 0.29) is 0 Å². The van der Waals surface area contributed by atoms with Crippen LogP contribution in [-0.4, -0.2) is 38.7 Å². The van der Waals surface area contributed by atoms with Gasteiger partial charge in [0, 0.05) is 41.9 Å². The molecule has 82 valence electrons. The first-order valence-corrected chi connectivity index (χ1v) is 6.79. The monoisotopic (exact) mass is 244 g/mol. The van der Waals surface area contributed by atoms with Gasteiger partial charge < -0.3 is 0 Å². The van der Waals surface area contributed by atoms with E-state index in [1.165, 1.54) is 0 Å². The van der Waals surface area contributed by atoms with Gasteiger partial charge in [-0.3, -0.25) is 9.11 Å². The minimum Gasteiger partial charge on any atom is -0.296 e. The number of pyridine rings is 1. The van der Waals surface area contributed by atoms with Crippen LogP contribution in [0.1, 0.15) is 5.69 Å². The summed E-state index contributed by atoms with van der Waals surface area (Å²) in [5, 5.41) is 0.535. The highest BCUT2D eigenvalue weighted by Crippen LogP contribution is 2.09. The molecule has 0 spiro atoms. The minimum atomic E-state index is -0.611. The maximum Gasteiger partial charge on any atom is 0.129 e. The number of aromatic nitrogens is 1. The van der Waals surface area contributed by atoms with Crippen LogP contribution in [0.2, 0.25) is 5.15 Å². The molecule has 2 heterocycles. The lowest BCUT2D eigenvalue weighted by Crippen LogP contribution is -2.37. The normalized spacial score (nSPS) is 19.3. The Morgan fingerprint density at radius 2 is 2.13 bits per heavy atom. The highest BCUT2D eigenvalue weighted by molar-refractivity contribution is 7.85. The molecule has 0 saturated carbocycles. The highest BCUT2D eigenvalue weighted by atomic mass is 35.5. The summed E-state index contributed by atoms with van der Waals surface area (Å²) in [5.74, 6) is 1.56. The second kappa shape index (κ2) is 5.05. The van der Waals surface area contributed by atoms with E-state index in [1.54, 1.807) is 6.07 Å². The fourth-order valence-electron chi connectivity index (χ4n) is 1.60. The summed E-state index contributed by atoms with van der Waals surface area (Å²) in [6.45, 7) is 2.58. The number of halogens is 1. The Labute approximate surface area is 96.9 Å². The summed E-state index contributed by atoms with van der Waals surface area (Å²) >= 11 is 5.81. The van der Waals surface area contributed by atoms with Crippen molar-refractivity contribution in [2.24, 2.45) is 0 Å². The molecule has 1 aromatic heterocycles. The van der Waals surface area contributed by atoms with Crippen molar-refractivity contribution in [1.82, 2.24) is 9.88 Å². The fourth-order valence-corrected chi connectivity index (χ4v) is 2.91. The molecule has 5 heteroatoms. The Morgan fingerprint density at radius 3 is 2.80 bits per heavy atom. The molecule has 1 aliphatic rings. The zero-order valence-corrected chi connectivity index (χ0v) is 9.93. The van der Waals surface area contributed by atoms with E-state index >= 15 is 0 Å². The first kappa shape index (κ1) is 11.0. The van der Waals surface area contributed by atoms with Crippen LogP contribution in [0, 0.1) is 0 Å². The lowest BCUT2D eigenvalue weighted by atomic mass is 10.3. The molecule has 0 atom stereocenters. The molecule has 1 aromatic rings. The third-order valence-corrected chi connectivity index (χ3v) is 3.92. The minimum absolute atomic E-state index is 0.535. The number of hydrogen-bond donors (Lipinski definition) is 0. The van der Waals surface area contributed by atoms with Crippen molar-refractivity contribution in [3.8, 4) is 0 Å². The van der Waals surface area contributed by atoms with E-state index in [9.17, 15) is 4.21 Å². The van der Waals surface area contributed by atoms with Gasteiger partial charge in [0.15, 0.2) is 0 Å². The summed E-state index contributed by atoms with van der Waals surface area (Å²) in [6, 6.07) is 5.65. The highest BCUT2D eigenvalue weighted by Gasteiger charge is 2.15. The summed E-state index contributed by atoms with van der Waals surface area (Å²) in [4.78, 5) is 6.50. The molecular formula is C10H13ClN2OS. The van der Waals surface area contributed by atoms with E-state index < -0.39 is 10.8 Å². The predicted octanol–water partition coefficient (Wildman–Crippen LogP) is 1.30. The molecule has 0 aromatic carbocycles. The zero-order chi connectivity index (χ0) is 10.7. The molecule has 15 heavy (non-hydrogen) atoms. The molecule has 3 nitrogen and oxygen atoms in total. The van der Waals surface area contributed by atoms with Gasteiger partial charge in [0.25, 0.3) is 0 Å². The number of nitrogens with zero attached hydrogens (tertiary/aromatic N) is 2. The van der Waals surface area contributed by atoms with Crippen molar-refractivity contribution in [1.29, 1.82) is 0 Å². The molecule has 0 N–H and O–H groups in total. The van der Waals surface area contributed by atoms with Crippen molar-refractivity contribution in [3.05, 3.63) is 29.0 Å². The molecular weight excluding hydrogens is 232 g/mol. The van der Waals surface area contributed by atoms with Gasteiger partial charge in [-0.15, -0.1) is 0 Å². The number of rotatable bonds is 2. The molecule has 1 fully saturated rings. The largest absolute Gasteiger partial charge is 0.296 e. The second-order valence-corrected chi connectivity index (χ2v) is 5.66. The maximum atomic E-state index is 11.2. The first-order chi connectivity index (χ1) is 7.24. The fraction of sp³-hybridized carbons (Fsp3) is 0.500. The molecule has 1 aliphatic heterocycles. The van der Waals surface area contributed by atoms with Gasteiger partial charge >= 0.3 is 0 Å². The van der Waals surface area contributed by atoms with Crippen molar-refractivity contribution in [3.63, 3.8) is 0 Å². The average Bonchev–Trinajstić information content (AvgIpc) is 2.22. The lowest BCUT2D eigenvalue weighted by Gasteiger charge is -2.25. The van der Waals surface area contributed by atoms with E-state index in [2.05, 4.69) is 9.88 Å². The van der Waals surface area contributed by atoms with Gasteiger partial charge in [-0.25, -0.2) is 4.98 Å².